The van der Waals surface area contributed by atoms with Crippen molar-refractivity contribution in [2.24, 2.45) is 0 Å². The van der Waals surface area contributed by atoms with Gasteiger partial charge in [-0.1, -0.05) is 6.58 Å². The Balaban J connectivity index is 2.67. The molecule has 80 valence electrons. The van der Waals surface area contributed by atoms with Crippen LogP contribution in [0.3, 0.4) is 0 Å². The molecule has 2 rings (SSSR count). The van der Waals surface area contributed by atoms with E-state index in [4.69, 9.17) is 0 Å². The summed E-state index contributed by atoms with van der Waals surface area (Å²) in [5.41, 5.74) is 1.76. The normalized spacial score (nSPS) is 10.0. The van der Waals surface area contributed by atoms with Gasteiger partial charge in [0.2, 0.25) is 6.41 Å². The average Bonchev–Trinajstić information content (AvgIpc) is 2.30. The maximum absolute atomic E-state index is 10.3. The first-order valence-electron chi connectivity index (χ1n) is 4.70. The van der Waals surface area contributed by atoms with E-state index in [-0.39, 0.29) is 5.75 Å². The quantitative estimate of drug-likeness (QED) is 0.764. The van der Waals surface area contributed by atoms with Crippen molar-refractivity contribution >= 4 is 23.0 Å². The molecule has 1 aromatic heterocycles. The van der Waals surface area contributed by atoms with Crippen LogP contribution in [-0.4, -0.2) is 16.5 Å². The molecule has 0 aliphatic heterocycles. The SMILES string of the molecule is C=C(NC=O)c1ccc(O)c2cccnc12. The fourth-order valence-corrected chi connectivity index (χ4v) is 1.55. The molecule has 0 aliphatic carbocycles. The van der Waals surface area contributed by atoms with Crippen molar-refractivity contribution in [1.82, 2.24) is 10.3 Å². The lowest BCUT2D eigenvalue weighted by Gasteiger charge is -2.08. The van der Waals surface area contributed by atoms with Crippen LogP contribution in [0.5, 0.6) is 5.75 Å². The van der Waals surface area contributed by atoms with E-state index in [1.54, 1.807) is 30.5 Å². The van der Waals surface area contributed by atoms with Crippen LogP contribution in [0.15, 0.2) is 37.0 Å². The molecule has 0 saturated heterocycles. The van der Waals surface area contributed by atoms with Gasteiger partial charge < -0.3 is 10.4 Å². The Morgan fingerprint density at radius 2 is 2.25 bits per heavy atom. The molecule has 0 saturated carbocycles. The lowest BCUT2D eigenvalue weighted by Crippen LogP contribution is -2.08. The predicted molar refractivity (Wildman–Crippen MR) is 61.6 cm³/mol. The Labute approximate surface area is 92.2 Å². The largest absolute Gasteiger partial charge is 0.507 e. The van der Waals surface area contributed by atoms with E-state index in [2.05, 4.69) is 16.9 Å². The molecule has 4 heteroatoms. The number of nitrogens with one attached hydrogen (secondary N) is 1. The molecule has 4 nitrogen and oxygen atoms in total. The van der Waals surface area contributed by atoms with Gasteiger partial charge in [-0.2, -0.15) is 0 Å². The highest BCUT2D eigenvalue weighted by Gasteiger charge is 2.08. The summed E-state index contributed by atoms with van der Waals surface area (Å²) in [5, 5.41) is 12.8. The molecule has 0 bridgehead atoms. The predicted octanol–water partition coefficient (Wildman–Crippen LogP) is 1.66. The third-order valence-corrected chi connectivity index (χ3v) is 2.30. The van der Waals surface area contributed by atoms with Crippen molar-refractivity contribution < 1.29 is 9.90 Å². The molecule has 0 spiro atoms. The van der Waals surface area contributed by atoms with E-state index >= 15 is 0 Å². The van der Waals surface area contributed by atoms with Crippen LogP contribution < -0.4 is 5.32 Å². The molecule has 1 aromatic carbocycles. The molecule has 2 aromatic rings. The number of carbonyl (C=O) groups is 1. The van der Waals surface area contributed by atoms with E-state index in [9.17, 15) is 9.90 Å². The van der Waals surface area contributed by atoms with Crippen molar-refractivity contribution in [3.8, 4) is 5.75 Å². The molecule has 16 heavy (non-hydrogen) atoms. The first-order valence-corrected chi connectivity index (χ1v) is 4.70. The second-order valence-corrected chi connectivity index (χ2v) is 3.27. The number of aromatic nitrogens is 1. The summed E-state index contributed by atoms with van der Waals surface area (Å²) in [4.78, 5) is 14.5. The Morgan fingerprint density at radius 3 is 3.00 bits per heavy atom. The van der Waals surface area contributed by atoms with Crippen LogP contribution in [0.25, 0.3) is 16.6 Å². The molecular formula is C12H10N2O2. The summed E-state index contributed by atoms with van der Waals surface area (Å²) < 4.78 is 0. The zero-order chi connectivity index (χ0) is 11.5. The number of rotatable bonds is 3. The lowest BCUT2D eigenvalue weighted by molar-refractivity contribution is -0.108. The Kier molecular flexibility index (Phi) is 2.55. The number of benzene rings is 1. The highest BCUT2D eigenvalue weighted by Crippen LogP contribution is 2.28. The van der Waals surface area contributed by atoms with Crippen molar-refractivity contribution in [2.45, 2.75) is 0 Å². The number of hydrogen-bond donors (Lipinski definition) is 2. The van der Waals surface area contributed by atoms with E-state index < -0.39 is 0 Å². The van der Waals surface area contributed by atoms with Gasteiger partial charge in [-0.25, -0.2) is 0 Å². The fraction of sp³-hybridized carbons (Fsp3) is 0. The molecule has 0 aliphatic rings. The summed E-state index contributed by atoms with van der Waals surface area (Å²) in [5.74, 6) is 0.158. The van der Waals surface area contributed by atoms with Crippen molar-refractivity contribution in [3.63, 3.8) is 0 Å². The van der Waals surface area contributed by atoms with Gasteiger partial charge in [0.1, 0.15) is 5.75 Å². The zero-order valence-corrected chi connectivity index (χ0v) is 8.47. The van der Waals surface area contributed by atoms with Crippen LogP contribution >= 0.6 is 0 Å². The maximum atomic E-state index is 10.3. The van der Waals surface area contributed by atoms with E-state index in [0.29, 0.717) is 28.6 Å². The van der Waals surface area contributed by atoms with Gasteiger partial charge in [-0.05, 0) is 24.3 Å². The molecule has 0 fully saturated rings. The maximum Gasteiger partial charge on any atom is 0.211 e. The smallest absolute Gasteiger partial charge is 0.211 e. The van der Waals surface area contributed by atoms with Gasteiger partial charge >= 0.3 is 0 Å². The topological polar surface area (TPSA) is 62.2 Å². The number of carbonyl (C=O) groups excluding carboxylic acids is 1. The third-order valence-electron chi connectivity index (χ3n) is 2.30. The van der Waals surface area contributed by atoms with Gasteiger partial charge in [0, 0.05) is 22.8 Å². The third kappa shape index (κ3) is 1.61. The summed E-state index contributed by atoms with van der Waals surface area (Å²) in [7, 11) is 0. The van der Waals surface area contributed by atoms with Gasteiger partial charge in [0.15, 0.2) is 0 Å². The molecule has 2 N–H and O–H groups in total. The summed E-state index contributed by atoms with van der Waals surface area (Å²) in [6.07, 6.45) is 2.18. The molecule has 0 unspecified atom stereocenters. The van der Waals surface area contributed by atoms with Crippen LogP contribution in [-0.2, 0) is 4.79 Å². The van der Waals surface area contributed by atoms with Crippen molar-refractivity contribution in [1.29, 1.82) is 0 Å². The number of phenolic OH excluding ortho intramolecular Hbond substituents is 1. The molecular weight excluding hydrogens is 204 g/mol. The standard InChI is InChI=1S/C12H10N2O2/c1-8(14-7-15)9-4-5-11(16)10-3-2-6-13-12(9)10/h2-7,16H,1H2,(H,14,15). The molecule has 0 atom stereocenters. The van der Waals surface area contributed by atoms with Crippen LogP contribution in [0.2, 0.25) is 0 Å². The second-order valence-electron chi connectivity index (χ2n) is 3.27. The van der Waals surface area contributed by atoms with Gasteiger partial charge in [-0.3, -0.25) is 9.78 Å². The number of hydrogen-bond acceptors (Lipinski definition) is 3. The van der Waals surface area contributed by atoms with Crippen molar-refractivity contribution in [3.05, 3.63) is 42.6 Å². The van der Waals surface area contributed by atoms with Gasteiger partial charge in [0.05, 0.1) is 5.52 Å². The Hall–Kier alpha value is -2.36. The number of aromatic hydroxyl groups is 1. The van der Waals surface area contributed by atoms with Crippen LogP contribution in [0.1, 0.15) is 5.56 Å². The summed E-state index contributed by atoms with van der Waals surface area (Å²) >= 11 is 0. The molecule has 1 heterocycles. The summed E-state index contributed by atoms with van der Waals surface area (Å²) in [6, 6.07) is 6.72. The monoisotopic (exact) mass is 214 g/mol. The molecule has 1 amide bonds. The number of nitrogens with zero attached hydrogens (tertiary/aromatic N) is 1. The van der Waals surface area contributed by atoms with E-state index in [1.807, 2.05) is 0 Å². The Morgan fingerprint density at radius 1 is 1.44 bits per heavy atom. The number of pyridine rings is 1. The van der Waals surface area contributed by atoms with Gasteiger partial charge in [0.25, 0.3) is 0 Å². The minimum atomic E-state index is 0.158. The second kappa shape index (κ2) is 4.02. The van der Waals surface area contributed by atoms with Gasteiger partial charge in [-0.15, -0.1) is 0 Å². The first-order chi connectivity index (χ1) is 7.74. The molecule has 0 radical (unpaired) electrons. The summed E-state index contributed by atoms with van der Waals surface area (Å²) in [6.45, 7) is 3.73. The lowest BCUT2D eigenvalue weighted by atomic mass is 10.1. The number of amides is 1. The first kappa shape index (κ1) is 10.2. The van der Waals surface area contributed by atoms with E-state index in [0.717, 1.165) is 0 Å². The zero-order valence-electron chi connectivity index (χ0n) is 8.47. The van der Waals surface area contributed by atoms with E-state index in [1.165, 1.54) is 0 Å². The number of phenols is 1. The van der Waals surface area contributed by atoms with Crippen LogP contribution in [0, 0.1) is 0 Å². The highest BCUT2D eigenvalue weighted by molar-refractivity contribution is 5.94. The minimum absolute atomic E-state index is 0.158. The fourth-order valence-electron chi connectivity index (χ4n) is 1.55. The Bertz CT molecular complexity index is 564. The highest BCUT2D eigenvalue weighted by atomic mass is 16.3. The average molecular weight is 214 g/mol. The minimum Gasteiger partial charge on any atom is -0.507 e. The number of fused-ring (bicyclic) bond motifs is 1. The van der Waals surface area contributed by atoms with Crippen molar-refractivity contribution in [2.75, 3.05) is 0 Å². The van der Waals surface area contributed by atoms with Crippen LogP contribution in [0.4, 0.5) is 0 Å².